The Morgan fingerprint density at radius 2 is 1.78 bits per heavy atom. The number of carbonyl (C=O) groups is 2. The Hall–Kier alpha value is -1.06. The topological polar surface area (TPSA) is 40.6 Å². The van der Waals surface area contributed by atoms with Crippen molar-refractivity contribution in [2.24, 2.45) is 11.3 Å². The molecule has 0 N–H and O–H groups in total. The highest BCUT2D eigenvalue weighted by atomic mass is 16.2. The fourth-order valence-electron chi connectivity index (χ4n) is 3.14. The summed E-state index contributed by atoms with van der Waals surface area (Å²) in [6, 6.07) is 0.270. The lowest BCUT2D eigenvalue weighted by atomic mass is 9.85. The molecule has 0 bridgehead atoms. The van der Waals surface area contributed by atoms with Gasteiger partial charge in [-0.2, -0.15) is 0 Å². The largest absolute Gasteiger partial charge is 0.341 e. The summed E-state index contributed by atoms with van der Waals surface area (Å²) in [5.41, 5.74) is -0.269. The van der Waals surface area contributed by atoms with Gasteiger partial charge in [-0.15, -0.1) is 0 Å². The maximum Gasteiger partial charge on any atom is 0.230 e. The van der Waals surface area contributed by atoms with Crippen LogP contribution < -0.4 is 0 Å². The van der Waals surface area contributed by atoms with Crippen molar-refractivity contribution in [3.8, 4) is 0 Å². The van der Waals surface area contributed by atoms with E-state index in [2.05, 4.69) is 13.8 Å². The molecule has 2 rings (SSSR count). The summed E-state index contributed by atoms with van der Waals surface area (Å²) in [5.74, 6) is 0.470. The van der Waals surface area contributed by atoms with Gasteiger partial charge >= 0.3 is 0 Å². The molecule has 0 aromatic carbocycles. The normalized spacial score (nSPS) is 28.2. The standard InChI is InChI=1S/C14H24N2O2/c1-10(2)12(17)15-7-5-14(9-15)6-8-16(11(3)4)13(14)18/h10-11H,5-9H2,1-4H3. The molecule has 2 fully saturated rings. The summed E-state index contributed by atoms with van der Waals surface area (Å²) in [5, 5.41) is 0. The van der Waals surface area contributed by atoms with Gasteiger partial charge in [0, 0.05) is 31.6 Å². The highest BCUT2D eigenvalue weighted by molar-refractivity contribution is 5.87. The van der Waals surface area contributed by atoms with Crippen molar-refractivity contribution in [1.82, 2.24) is 9.80 Å². The molecule has 2 heterocycles. The number of nitrogens with zero attached hydrogens (tertiary/aromatic N) is 2. The van der Waals surface area contributed by atoms with E-state index in [9.17, 15) is 9.59 Å². The fraction of sp³-hybridized carbons (Fsp3) is 0.857. The number of likely N-dealkylation sites (tertiary alicyclic amines) is 2. The number of hydrogen-bond donors (Lipinski definition) is 0. The fourth-order valence-corrected chi connectivity index (χ4v) is 3.14. The van der Waals surface area contributed by atoms with Gasteiger partial charge in [-0.05, 0) is 26.7 Å². The van der Waals surface area contributed by atoms with Crippen molar-refractivity contribution in [2.45, 2.75) is 46.6 Å². The Labute approximate surface area is 109 Å². The van der Waals surface area contributed by atoms with Crippen LogP contribution in [0.4, 0.5) is 0 Å². The van der Waals surface area contributed by atoms with Crippen LogP contribution >= 0.6 is 0 Å². The molecule has 18 heavy (non-hydrogen) atoms. The lowest BCUT2D eigenvalue weighted by Crippen LogP contribution is -2.41. The molecule has 2 aliphatic heterocycles. The molecule has 0 saturated carbocycles. The Bertz CT molecular complexity index is 365. The molecular weight excluding hydrogens is 228 g/mol. The molecule has 4 heteroatoms. The zero-order chi connectivity index (χ0) is 13.5. The first-order chi connectivity index (χ1) is 8.37. The second kappa shape index (κ2) is 4.56. The molecule has 0 aromatic rings. The lowest BCUT2D eigenvalue weighted by Gasteiger charge is -2.26. The maximum atomic E-state index is 12.5. The summed E-state index contributed by atoms with van der Waals surface area (Å²) in [6.07, 6.45) is 1.75. The summed E-state index contributed by atoms with van der Waals surface area (Å²) < 4.78 is 0. The van der Waals surface area contributed by atoms with E-state index in [1.165, 1.54) is 0 Å². The van der Waals surface area contributed by atoms with E-state index in [1.54, 1.807) is 0 Å². The Morgan fingerprint density at radius 3 is 2.28 bits per heavy atom. The highest BCUT2D eigenvalue weighted by Crippen LogP contribution is 2.41. The molecule has 0 aliphatic carbocycles. The number of carbonyl (C=O) groups excluding carboxylic acids is 2. The van der Waals surface area contributed by atoms with E-state index in [4.69, 9.17) is 0 Å². The van der Waals surface area contributed by atoms with Gasteiger partial charge in [-0.1, -0.05) is 13.8 Å². The zero-order valence-corrected chi connectivity index (χ0v) is 11.9. The predicted molar refractivity (Wildman–Crippen MR) is 69.9 cm³/mol. The first-order valence-corrected chi connectivity index (χ1v) is 6.97. The number of hydrogen-bond acceptors (Lipinski definition) is 2. The smallest absolute Gasteiger partial charge is 0.230 e. The molecule has 0 radical (unpaired) electrons. The van der Waals surface area contributed by atoms with Crippen LogP contribution in [0, 0.1) is 11.3 Å². The van der Waals surface area contributed by atoms with Gasteiger partial charge in [0.1, 0.15) is 0 Å². The van der Waals surface area contributed by atoms with Gasteiger partial charge in [0.05, 0.1) is 5.41 Å². The summed E-state index contributed by atoms with van der Waals surface area (Å²) in [6.45, 7) is 10.2. The van der Waals surface area contributed by atoms with Gasteiger partial charge in [0.25, 0.3) is 0 Å². The molecule has 2 aliphatic rings. The van der Waals surface area contributed by atoms with Crippen molar-refractivity contribution in [1.29, 1.82) is 0 Å². The van der Waals surface area contributed by atoms with Crippen LogP contribution in [0.5, 0.6) is 0 Å². The monoisotopic (exact) mass is 252 g/mol. The number of rotatable bonds is 2. The van der Waals surface area contributed by atoms with Gasteiger partial charge < -0.3 is 9.80 Å². The SMILES string of the molecule is CC(C)C(=O)N1CCC2(CCN(C(C)C)C2=O)C1. The third-order valence-corrected chi connectivity index (χ3v) is 4.33. The van der Waals surface area contributed by atoms with Gasteiger partial charge in [-0.3, -0.25) is 9.59 Å². The molecule has 2 saturated heterocycles. The van der Waals surface area contributed by atoms with Crippen LogP contribution in [0.15, 0.2) is 0 Å². The van der Waals surface area contributed by atoms with Gasteiger partial charge in [-0.25, -0.2) is 0 Å². The first-order valence-electron chi connectivity index (χ1n) is 6.97. The van der Waals surface area contributed by atoms with E-state index < -0.39 is 0 Å². The minimum Gasteiger partial charge on any atom is -0.341 e. The zero-order valence-electron chi connectivity index (χ0n) is 11.9. The van der Waals surface area contributed by atoms with Crippen LogP contribution in [0.3, 0.4) is 0 Å². The average molecular weight is 252 g/mol. The van der Waals surface area contributed by atoms with Crippen LogP contribution in [0.25, 0.3) is 0 Å². The summed E-state index contributed by atoms with van der Waals surface area (Å²) >= 11 is 0. The van der Waals surface area contributed by atoms with Crippen molar-refractivity contribution in [3.63, 3.8) is 0 Å². The molecule has 4 nitrogen and oxygen atoms in total. The Morgan fingerprint density at radius 1 is 1.17 bits per heavy atom. The Kier molecular flexibility index (Phi) is 3.39. The minimum absolute atomic E-state index is 0.0258. The second-order valence-corrected chi connectivity index (χ2v) is 6.29. The predicted octanol–water partition coefficient (Wildman–Crippen LogP) is 1.50. The molecule has 0 aromatic heterocycles. The Balaban J connectivity index is 2.08. The summed E-state index contributed by atoms with van der Waals surface area (Å²) in [7, 11) is 0. The van der Waals surface area contributed by atoms with E-state index in [0.717, 1.165) is 25.9 Å². The quantitative estimate of drug-likeness (QED) is 0.747. The molecule has 1 spiro atoms. The summed E-state index contributed by atoms with van der Waals surface area (Å²) in [4.78, 5) is 28.3. The van der Waals surface area contributed by atoms with E-state index in [-0.39, 0.29) is 29.2 Å². The minimum atomic E-state index is -0.269. The van der Waals surface area contributed by atoms with E-state index >= 15 is 0 Å². The van der Waals surface area contributed by atoms with Gasteiger partial charge in [0.15, 0.2) is 0 Å². The molecule has 102 valence electrons. The third-order valence-electron chi connectivity index (χ3n) is 4.33. The van der Waals surface area contributed by atoms with Crippen LogP contribution in [0.2, 0.25) is 0 Å². The third kappa shape index (κ3) is 2.02. The van der Waals surface area contributed by atoms with Crippen molar-refractivity contribution < 1.29 is 9.59 Å². The molecule has 1 atom stereocenters. The average Bonchev–Trinajstić information content (AvgIpc) is 2.85. The van der Waals surface area contributed by atoms with Crippen LogP contribution in [-0.4, -0.2) is 47.3 Å². The molecule has 2 amide bonds. The van der Waals surface area contributed by atoms with E-state index in [1.807, 2.05) is 23.6 Å². The van der Waals surface area contributed by atoms with Crippen molar-refractivity contribution >= 4 is 11.8 Å². The van der Waals surface area contributed by atoms with E-state index in [0.29, 0.717) is 6.54 Å². The first kappa shape index (κ1) is 13.4. The highest BCUT2D eigenvalue weighted by Gasteiger charge is 2.52. The molecule has 1 unspecified atom stereocenters. The van der Waals surface area contributed by atoms with Gasteiger partial charge in [0.2, 0.25) is 11.8 Å². The van der Waals surface area contributed by atoms with Crippen molar-refractivity contribution in [3.05, 3.63) is 0 Å². The molecular formula is C14H24N2O2. The van der Waals surface area contributed by atoms with Crippen LogP contribution in [-0.2, 0) is 9.59 Å². The lowest BCUT2D eigenvalue weighted by molar-refractivity contribution is -0.138. The van der Waals surface area contributed by atoms with Crippen LogP contribution in [0.1, 0.15) is 40.5 Å². The number of amides is 2. The second-order valence-electron chi connectivity index (χ2n) is 6.29. The maximum absolute atomic E-state index is 12.5. The van der Waals surface area contributed by atoms with Crippen molar-refractivity contribution in [2.75, 3.05) is 19.6 Å².